The van der Waals surface area contributed by atoms with Crippen LogP contribution in [-0.4, -0.2) is 80.1 Å². The maximum atomic E-state index is 12.4. The fourth-order valence-corrected chi connectivity index (χ4v) is 7.47. The molecule has 2 aromatic heterocycles. The van der Waals surface area contributed by atoms with Gasteiger partial charge in [-0.2, -0.15) is 0 Å². The fraction of sp³-hybridized carbons (Fsp3) is 0.545. The van der Waals surface area contributed by atoms with Crippen LogP contribution in [0.3, 0.4) is 0 Å². The Balaban J connectivity index is 1.79. The van der Waals surface area contributed by atoms with Crippen molar-refractivity contribution in [2.45, 2.75) is 24.5 Å². The van der Waals surface area contributed by atoms with Crippen LogP contribution in [0.2, 0.25) is 0 Å². The minimum Gasteiger partial charge on any atom is -0.387 e. The van der Waals surface area contributed by atoms with Crippen molar-refractivity contribution >= 4 is 34.2 Å². The number of nitrogens with zero attached hydrogens (tertiary/aromatic N) is 3. The molecule has 0 bridgehead atoms. The van der Waals surface area contributed by atoms with Crippen molar-refractivity contribution in [3.8, 4) is 0 Å². The zero-order chi connectivity index (χ0) is 23.2. The van der Waals surface area contributed by atoms with Gasteiger partial charge in [-0.1, -0.05) is 0 Å². The van der Waals surface area contributed by atoms with E-state index < -0.39 is 65.6 Å². The molecule has 0 radical (unpaired) electrons. The molecule has 5 atom stereocenters. The molecule has 17 nitrogen and oxygen atoms in total. The number of H-pyrrole nitrogens is 1. The van der Waals surface area contributed by atoms with Gasteiger partial charge in [-0.25, -0.2) is 18.8 Å². The molecule has 0 aromatic carbocycles. The number of ether oxygens (including phenoxy) is 1. The number of aliphatic hydroxyl groups is 2. The van der Waals surface area contributed by atoms with Crippen LogP contribution in [0.1, 0.15) is 6.23 Å². The number of aromatic nitrogens is 4. The number of hydrogen-bond donors (Lipinski definition) is 7. The quantitative estimate of drug-likeness (QED) is 0.195. The fourth-order valence-electron chi connectivity index (χ4n) is 2.81. The summed E-state index contributed by atoms with van der Waals surface area (Å²) in [6, 6.07) is 0. The molecule has 1 fully saturated rings. The van der Waals surface area contributed by atoms with E-state index in [1.54, 1.807) is 0 Å². The average molecular weight is 506 g/mol. The highest BCUT2D eigenvalue weighted by Gasteiger charge is 2.47. The van der Waals surface area contributed by atoms with Crippen LogP contribution >= 0.6 is 23.0 Å². The maximum absolute atomic E-state index is 12.4. The van der Waals surface area contributed by atoms with E-state index in [-0.39, 0.29) is 11.2 Å². The Hall–Kier alpha value is -1.32. The summed E-state index contributed by atoms with van der Waals surface area (Å²) in [5.41, 5.74) is -0.670. The molecule has 174 valence electrons. The van der Waals surface area contributed by atoms with Crippen LogP contribution in [-0.2, 0) is 27.3 Å². The van der Waals surface area contributed by atoms with Crippen LogP contribution in [0.4, 0.5) is 0 Å². The molecule has 1 unspecified atom stereocenters. The lowest BCUT2D eigenvalue weighted by Gasteiger charge is -2.21. The van der Waals surface area contributed by atoms with E-state index in [1.807, 2.05) is 0 Å². The van der Waals surface area contributed by atoms with Gasteiger partial charge in [-0.05, 0) is 0 Å². The van der Waals surface area contributed by atoms with Crippen molar-refractivity contribution in [3.63, 3.8) is 0 Å². The zero-order valence-corrected chi connectivity index (χ0v) is 17.8. The number of hydrogen-bond acceptors (Lipinski definition) is 11. The topological polar surface area (TPSA) is 264 Å². The van der Waals surface area contributed by atoms with Gasteiger partial charge >= 0.3 is 23.0 Å². The van der Waals surface area contributed by atoms with E-state index in [1.165, 1.54) is 0 Å². The standard InChI is InChI=1S/C11H17N4O13P3/c16-7-5(1-26-30(22,4-29(19,20)21)28-31(23,24)25)27-11(8(7)17)15-3-14-6-9(15)12-2-13-10(6)18/h2-3,5,7-8,11,16-17H,1,4H2,(H,12,13,18)(H2,19,20,21)(H2,23,24,25)/t5-,7-,8-,11-,30?/m1/s1. The van der Waals surface area contributed by atoms with Gasteiger partial charge in [-0.3, -0.25) is 18.5 Å². The minimum atomic E-state index is -5.48. The molecule has 1 aliphatic heterocycles. The molecule has 0 amide bonds. The molecular formula is C11H17N4O13P3. The van der Waals surface area contributed by atoms with Gasteiger partial charge in [0.15, 0.2) is 23.3 Å². The summed E-state index contributed by atoms with van der Waals surface area (Å²) in [5.74, 6) is -1.65. The summed E-state index contributed by atoms with van der Waals surface area (Å²) in [6.45, 7) is -0.938. The van der Waals surface area contributed by atoms with Crippen LogP contribution in [0.5, 0.6) is 0 Å². The van der Waals surface area contributed by atoms with E-state index in [9.17, 15) is 28.7 Å². The van der Waals surface area contributed by atoms with Gasteiger partial charge < -0.3 is 44.0 Å². The van der Waals surface area contributed by atoms with Gasteiger partial charge in [-0.15, -0.1) is 0 Å². The van der Waals surface area contributed by atoms with Gasteiger partial charge in [0.1, 0.15) is 18.3 Å². The Labute approximate surface area is 171 Å². The molecular weight excluding hydrogens is 489 g/mol. The van der Waals surface area contributed by atoms with Gasteiger partial charge in [0.25, 0.3) is 5.56 Å². The molecule has 31 heavy (non-hydrogen) atoms. The first kappa shape index (κ1) is 24.3. The van der Waals surface area contributed by atoms with E-state index in [0.29, 0.717) is 0 Å². The monoisotopic (exact) mass is 506 g/mol. The number of fused-ring (bicyclic) bond motifs is 1. The molecule has 1 aliphatic rings. The summed E-state index contributed by atoms with van der Waals surface area (Å²) in [6.07, 6.45) is -4.01. The Morgan fingerprint density at radius 3 is 2.42 bits per heavy atom. The van der Waals surface area contributed by atoms with Crippen LogP contribution in [0.25, 0.3) is 11.2 Å². The number of imidazole rings is 1. The Morgan fingerprint density at radius 1 is 1.13 bits per heavy atom. The lowest BCUT2D eigenvalue weighted by Crippen LogP contribution is -2.33. The van der Waals surface area contributed by atoms with Gasteiger partial charge in [0.05, 0.1) is 19.3 Å². The Bertz CT molecular complexity index is 1130. The van der Waals surface area contributed by atoms with Gasteiger partial charge in [0, 0.05) is 0 Å². The number of aliphatic hydroxyl groups excluding tert-OH is 2. The van der Waals surface area contributed by atoms with Crippen molar-refractivity contribution in [1.82, 2.24) is 19.5 Å². The molecule has 3 heterocycles. The SMILES string of the molecule is O=c1[nH]cnc2c1ncn2[C@@H]1O[C@H](COP(=O)(CP(=O)(O)O)OP(=O)(O)O)[C@@H](O)[C@H]1O. The van der Waals surface area contributed by atoms with Crippen molar-refractivity contribution in [2.75, 3.05) is 12.5 Å². The van der Waals surface area contributed by atoms with Crippen molar-refractivity contribution in [2.24, 2.45) is 0 Å². The smallest absolute Gasteiger partial charge is 0.387 e. The maximum Gasteiger partial charge on any atom is 0.476 e. The first-order chi connectivity index (χ1) is 14.2. The third kappa shape index (κ3) is 5.73. The van der Waals surface area contributed by atoms with Crippen LogP contribution in [0, 0.1) is 0 Å². The van der Waals surface area contributed by atoms with Crippen LogP contribution in [0.15, 0.2) is 17.4 Å². The summed E-state index contributed by atoms with van der Waals surface area (Å²) in [7, 11) is -15.7. The zero-order valence-electron chi connectivity index (χ0n) is 15.1. The van der Waals surface area contributed by atoms with Crippen LogP contribution < -0.4 is 5.56 Å². The Morgan fingerprint density at radius 2 is 1.81 bits per heavy atom. The molecule has 2 aromatic rings. The second-order valence-corrected chi connectivity index (χ2v) is 12.0. The van der Waals surface area contributed by atoms with Crippen molar-refractivity contribution in [3.05, 3.63) is 23.0 Å². The summed E-state index contributed by atoms with van der Waals surface area (Å²) < 4.78 is 49.8. The Kier molecular flexibility index (Phi) is 6.71. The third-order valence-electron chi connectivity index (χ3n) is 4.00. The van der Waals surface area contributed by atoms with Gasteiger partial charge in [0.2, 0.25) is 0 Å². The second-order valence-electron chi connectivity index (χ2n) is 6.39. The van der Waals surface area contributed by atoms with E-state index in [4.69, 9.17) is 28.8 Å². The number of phosphoric acid groups is 1. The number of nitrogens with one attached hydrogen (secondary N) is 1. The molecule has 1 saturated heterocycles. The summed E-state index contributed by atoms with van der Waals surface area (Å²) in [5, 5.41) is 20.5. The number of rotatable bonds is 8. The highest BCUT2D eigenvalue weighted by Crippen LogP contribution is 2.66. The molecule has 20 heteroatoms. The van der Waals surface area contributed by atoms with E-state index in [2.05, 4.69) is 19.3 Å². The predicted molar refractivity (Wildman–Crippen MR) is 97.7 cm³/mol. The van der Waals surface area contributed by atoms with E-state index in [0.717, 1.165) is 17.2 Å². The highest BCUT2D eigenvalue weighted by atomic mass is 31.3. The third-order valence-corrected chi connectivity index (χ3v) is 9.25. The minimum absolute atomic E-state index is 0.00132. The van der Waals surface area contributed by atoms with Crippen molar-refractivity contribution in [1.29, 1.82) is 0 Å². The lowest BCUT2D eigenvalue weighted by molar-refractivity contribution is -0.0483. The number of aromatic amines is 1. The summed E-state index contributed by atoms with van der Waals surface area (Å²) >= 11 is 0. The first-order valence-corrected chi connectivity index (χ1v) is 13.2. The molecule has 3 rings (SSSR count). The predicted octanol–water partition coefficient (Wildman–Crippen LogP) is -1.81. The second kappa shape index (κ2) is 8.56. The molecule has 0 spiro atoms. The molecule has 0 aliphatic carbocycles. The summed E-state index contributed by atoms with van der Waals surface area (Å²) in [4.78, 5) is 57.4. The average Bonchev–Trinajstić information content (AvgIpc) is 3.13. The first-order valence-electron chi connectivity index (χ1n) is 8.16. The highest BCUT2D eigenvalue weighted by molar-refractivity contribution is 7.74. The van der Waals surface area contributed by atoms with Crippen molar-refractivity contribution < 1.29 is 57.1 Å². The largest absolute Gasteiger partial charge is 0.476 e. The molecule has 0 saturated carbocycles. The normalized spacial score (nSPS) is 26.9. The lowest BCUT2D eigenvalue weighted by atomic mass is 10.1. The van der Waals surface area contributed by atoms with E-state index >= 15 is 0 Å². The molecule has 7 N–H and O–H groups in total.